The van der Waals surface area contributed by atoms with Crippen molar-refractivity contribution >= 4 is 23.2 Å². The molecule has 0 saturated carbocycles. The second-order valence-electron chi connectivity index (χ2n) is 5.52. The van der Waals surface area contributed by atoms with Crippen LogP contribution < -0.4 is 19.5 Å². The maximum atomic E-state index is 12.3. The Morgan fingerprint density at radius 1 is 0.958 bits per heavy atom. The molecule has 0 fully saturated rings. The molecule has 0 atom stereocenters. The van der Waals surface area contributed by atoms with Gasteiger partial charge in [0.1, 0.15) is 0 Å². The summed E-state index contributed by atoms with van der Waals surface area (Å²) >= 11 is 0. The Morgan fingerprint density at radius 2 is 1.62 bits per heavy atom. The van der Waals surface area contributed by atoms with Crippen LogP contribution in [-0.2, 0) is 4.79 Å². The SMILES string of the molecule is COc1cc(/C=C2\C(=O)Nc3ccc(C)cc32)cc(OC)c1OC. The lowest BCUT2D eigenvalue weighted by Crippen LogP contribution is -2.03. The van der Waals surface area contributed by atoms with Gasteiger partial charge in [-0.1, -0.05) is 11.6 Å². The largest absolute Gasteiger partial charge is 0.493 e. The van der Waals surface area contributed by atoms with Crippen LogP contribution in [0.4, 0.5) is 5.69 Å². The summed E-state index contributed by atoms with van der Waals surface area (Å²) in [6.07, 6.45) is 1.82. The summed E-state index contributed by atoms with van der Waals surface area (Å²) in [7, 11) is 4.69. The van der Waals surface area contributed by atoms with E-state index < -0.39 is 0 Å². The van der Waals surface area contributed by atoms with Crippen LogP contribution in [0, 0.1) is 6.92 Å². The van der Waals surface area contributed by atoms with Crippen LogP contribution >= 0.6 is 0 Å². The zero-order valence-electron chi connectivity index (χ0n) is 14.1. The summed E-state index contributed by atoms with van der Waals surface area (Å²) in [6, 6.07) is 9.52. The summed E-state index contributed by atoms with van der Waals surface area (Å²) in [5.41, 5.74) is 4.23. The summed E-state index contributed by atoms with van der Waals surface area (Å²) in [4.78, 5) is 12.3. The zero-order chi connectivity index (χ0) is 17.3. The molecular formula is C19H19NO4. The molecule has 0 saturated heterocycles. The van der Waals surface area contributed by atoms with Gasteiger partial charge in [0, 0.05) is 16.8 Å². The monoisotopic (exact) mass is 325 g/mol. The lowest BCUT2D eigenvalue weighted by atomic mass is 10.0. The maximum absolute atomic E-state index is 12.3. The number of amides is 1. The van der Waals surface area contributed by atoms with E-state index >= 15 is 0 Å². The van der Waals surface area contributed by atoms with Crippen molar-refractivity contribution in [2.75, 3.05) is 26.6 Å². The van der Waals surface area contributed by atoms with Crippen LogP contribution in [0.2, 0.25) is 0 Å². The number of carbonyl (C=O) groups excluding carboxylic acids is 1. The minimum Gasteiger partial charge on any atom is -0.493 e. The maximum Gasteiger partial charge on any atom is 0.256 e. The number of hydrogen-bond donors (Lipinski definition) is 1. The molecule has 124 valence electrons. The van der Waals surface area contributed by atoms with E-state index in [2.05, 4.69) is 5.32 Å². The number of rotatable bonds is 4. The Kier molecular flexibility index (Phi) is 4.16. The van der Waals surface area contributed by atoms with Crippen LogP contribution in [0.3, 0.4) is 0 Å². The van der Waals surface area contributed by atoms with Crippen molar-refractivity contribution < 1.29 is 19.0 Å². The van der Waals surface area contributed by atoms with Gasteiger partial charge < -0.3 is 19.5 Å². The number of hydrogen-bond acceptors (Lipinski definition) is 4. The van der Waals surface area contributed by atoms with E-state index in [1.165, 1.54) is 0 Å². The first-order valence-corrected chi connectivity index (χ1v) is 7.51. The Labute approximate surface area is 140 Å². The van der Waals surface area contributed by atoms with Crippen LogP contribution in [0.5, 0.6) is 17.2 Å². The third-order valence-corrected chi connectivity index (χ3v) is 3.96. The van der Waals surface area contributed by atoms with Crippen LogP contribution in [-0.4, -0.2) is 27.2 Å². The Balaban J connectivity index is 2.13. The fourth-order valence-corrected chi connectivity index (χ4v) is 2.80. The highest BCUT2D eigenvalue weighted by atomic mass is 16.5. The Hall–Kier alpha value is -2.95. The molecule has 0 spiro atoms. The molecule has 0 aromatic heterocycles. The van der Waals surface area contributed by atoms with E-state index in [1.54, 1.807) is 21.3 Å². The molecule has 0 bridgehead atoms. The number of carbonyl (C=O) groups is 1. The molecule has 2 aromatic rings. The molecule has 5 nitrogen and oxygen atoms in total. The fraction of sp³-hybridized carbons (Fsp3) is 0.211. The summed E-state index contributed by atoms with van der Waals surface area (Å²) in [5, 5.41) is 2.88. The standard InChI is InChI=1S/C19H19NO4/c1-11-5-6-15-13(7-11)14(19(21)20-15)8-12-9-16(22-2)18(24-4)17(10-12)23-3/h5-10H,1-4H3,(H,20,21)/b14-8-. The topological polar surface area (TPSA) is 56.8 Å². The lowest BCUT2D eigenvalue weighted by Gasteiger charge is -2.13. The third-order valence-electron chi connectivity index (χ3n) is 3.96. The minimum absolute atomic E-state index is 0.121. The predicted octanol–water partition coefficient (Wildman–Crippen LogP) is 3.51. The van der Waals surface area contributed by atoms with Gasteiger partial charge in [0.2, 0.25) is 5.75 Å². The van der Waals surface area contributed by atoms with Crippen LogP contribution in [0.15, 0.2) is 30.3 Å². The number of anilines is 1. The molecule has 1 aliphatic rings. The molecule has 5 heteroatoms. The highest BCUT2D eigenvalue weighted by Gasteiger charge is 2.24. The van der Waals surface area contributed by atoms with Gasteiger partial charge in [-0.15, -0.1) is 0 Å². The number of ether oxygens (including phenoxy) is 3. The molecule has 2 aromatic carbocycles. The van der Waals surface area contributed by atoms with Crippen molar-refractivity contribution in [1.82, 2.24) is 0 Å². The first kappa shape index (κ1) is 15.9. The van der Waals surface area contributed by atoms with E-state index in [0.717, 1.165) is 22.4 Å². The molecule has 0 radical (unpaired) electrons. The quantitative estimate of drug-likeness (QED) is 0.874. The number of aryl methyl sites for hydroxylation is 1. The zero-order valence-corrected chi connectivity index (χ0v) is 14.1. The van der Waals surface area contributed by atoms with E-state index in [1.807, 2.05) is 43.3 Å². The minimum atomic E-state index is -0.121. The normalized spacial score (nSPS) is 14.3. The summed E-state index contributed by atoms with van der Waals surface area (Å²) in [6.45, 7) is 2.00. The molecule has 3 rings (SSSR count). The first-order valence-electron chi connectivity index (χ1n) is 7.51. The average Bonchev–Trinajstić information content (AvgIpc) is 2.89. The predicted molar refractivity (Wildman–Crippen MR) is 93.8 cm³/mol. The molecule has 24 heavy (non-hydrogen) atoms. The second kappa shape index (κ2) is 6.28. The van der Waals surface area contributed by atoms with Gasteiger partial charge in [-0.3, -0.25) is 4.79 Å². The second-order valence-corrected chi connectivity index (χ2v) is 5.52. The van der Waals surface area contributed by atoms with Crippen LogP contribution in [0.1, 0.15) is 16.7 Å². The molecule has 1 aliphatic heterocycles. The highest BCUT2D eigenvalue weighted by molar-refractivity contribution is 6.35. The van der Waals surface area contributed by atoms with Crippen molar-refractivity contribution in [1.29, 1.82) is 0 Å². The Bertz CT molecular complexity index is 814. The molecule has 0 unspecified atom stereocenters. The van der Waals surface area contributed by atoms with Gasteiger partial charge in [0.15, 0.2) is 11.5 Å². The number of benzene rings is 2. The van der Waals surface area contributed by atoms with E-state index in [0.29, 0.717) is 22.8 Å². The summed E-state index contributed by atoms with van der Waals surface area (Å²) in [5.74, 6) is 1.50. The van der Waals surface area contributed by atoms with Crippen molar-refractivity contribution in [2.24, 2.45) is 0 Å². The first-order chi connectivity index (χ1) is 11.6. The fourth-order valence-electron chi connectivity index (χ4n) is 2.80. The van der Waals surface area contributed by atoms with Gasteiger partial charge in [-0.25, -0.2) is 0 Å². The molecule has 0 aliphatic carbocycles. The molecular weight excluding hydrogens is 306 g/mol. The van der Waals surface area contributed by atoms with Gasteiger partial charge in [-0.2, -0.15) is 0 Å². The average molecular weight is 325 g/mol. The van der Waals surface area contributed by atoms with Crippen molar-refractivity contribution in [3.05, 3.63) is 47.0 Å². The van der Waals surface area contributed by atoms with Crippen molar-refractivity contribution in [2.45, 2.75) is 6.92 Å². The Morgan fingerprint density at radius 3 is 2.21 bits per heavy atom. The third kappa shape index (κ3) is 2.69. The molecule has 1 heterocycles. The lowest BCUT2D eigenvalue weighted by molar-refractivity contribution is -0.110. The van der Waals surface area contributed by atoms with Crippen molar-refractivity contribution in [3.8, 4) is 17.2 Å². The highest BCUT2D eigenvalue weighted by Crippen LogP contribution is 2.40. The smallest absolute Gasteiger partial charge is 0.256 e. The number of nitrogens with one attached hydrogen (secondary N) is 1. The molecule has 1 N–H and O–H groups in total. The van der Waals surface area contributed by atoms with Gasteiger partial charge in [-0.05, 0) is 42.8 Å². The number of fused-ring (bicyclic) bond motifs is 1. The summed E-state index contributed by atoms with van der Waals surface area (Å²) < 4.78 is 16.1. The van der Waals surface area contributed by atoms with Gasteiger partial charge in [0.05, 0.1) is 21.3 Å². The molecule has 1 amide bonds. The van der Waals surface area contributed by atoms with E-state index in [9.17, 15) is 4.79 Å². The van der Waals surface area contributed by atoms with E-state index in [-0.39, 0.29) is 5.91 Å². The van der Waals surface area contributed by atoms with Gasteiger partial charge >= 0.3 is 0 Å². The van der Waals surface area contributed by atoms with E-state index in [4.69, 9.17) is 14.2 Å². The van der Waals surface area contributed by atoms with Crippen LogP contribution in [0.25, 0.3) is 11.6 Å². The number of methoxy groups -OCH3 is 3. The van der Waals surface area contributed by atoms with Gasteiger partial charge in [0.25, 0.3) is 5.91 Å². The van der Waals surface area contributed by atoms with Crippen molar-refractivity contribution in [3.63, 3.8) is 0 Å².